The van der Waals surface area contributed by atoms with E-state index in [2.05, 4.69) is 4.98 Å². The molecule has 3 heteroatoms. The quantitative estimate of drug-likeness (QED) is 0.735. The molecule has 0 saturated heterocycles. The molecule has 0 aliphatic rings. The van der Waals surface area contributed by atoms with E-state index in [1.807, 2.05) is 30.8 Å². The topological polar surface area (TPSA) is 17.8 Å². The molecule has 78 valence electrons. The molecule has 0 spiro atoms. The fourth-order valence-electron chi connectivity index (χ4n) is 1.73. The van der Waals surface area contributed by atoms with Crippen LogP contribution in [0.1, 0.15) is 24.1 Å². The van der Waals surface area contributed by atoms with E-state index in [4.69, 9.17) is 0 Å². The maximum atomic E-state index is 13.0. The van der Waals surface area contributed by atoms with E-state index in [0.29, 0.717) is 0 Å². The Morgan fingerprint density at radius 3 is 2.80 bits per heavy atom. The van der Waals surface area contributed by atoms with Gasteiger partial charge < -0.3 is 4.57 Å². The molecule has 1 atom stereocenters. The standard InChI is InChI=1S/C12H13FN2/c1-9(12-7-14-8-15(12)2)10-4-3-5-11(13)6-10/h3-9H,1-2H3. The molecule has 0 radical (unpaired) electrons. The fourth-order valence-corrected chi connectivity index (χ4v) is 1.73. The SMILES string of the molecule is CC(c1cccc(F)c1)c1cncn1C. The molecule has 0 amide bonds. The van der Waals surface area contributed by atoms with Crippen molar-refractivity contribution in [3.8, 4) is 0 Å². The third-order valence-corrected chi connectivity index (χ3v) is 2.65. The van der Waals surface area contributed by atoms with Crippen LogP contribution in [0.3, 0.4) is 0 Å². The summed E-state index contributed by atoms with van der Waals surface area (Å²) < 4.78 is 15.0. The third kappa shape index (κ3) is 1.91. The molecule has 2 rings (SSSR count). The number of aromatic nitrogens is 2. The van der Waals surface area contributed by atoms with Crippen molar-refractivity contribution in [2.24, 2.45) is 7.05 Å². The van der Waals surface area contributed by atoms with Gasteiger partial charge in [-0.05, 0) is 17.7 Å². The van der Waals surface area contributed by atoms with Crippen molar-refractivity contribution in [2.75, 3.05) is 0 Å². The lowest BCUT2D eigenvalue weighted by Crippen LogP contribution is -2.02. The van der Waals surface area contributed by atoms with Gasteiger partial charge in [0.05, 0.1) is 6.33 Å². The number of nitrogens with zero attached hydrogens (tertiary/aromatic N) is 2. The Morgan fingerprint density at radius 1 is 1.40 bits per heavy atom. The second-order valence-corrected chi connectivity index (χ2v) is 3.71. The van der Waals surface area contributed by atoms with Crippen molar-refractivity contribution in [3.63, 3.8) is 0 Å². The molecular formula is C12H13FN2. The number of imidazole rings is 1. The van der Waals surface area contributed by atoms with Crippen LogP contribution in [0, 0.1) is 5.82 Å². The van der Waals surface area contributed by atoms with Gasteiger partial charge in [0, 0.05) is 24.9 Å². The van der Waals surface area contributed by atoms with E-state index >= 15 is 0 Å². The number of aryl methyl sites for hydroxylation is 1. The van der Waals surface area contributed by atoms with Gasteiger partial charge in [-0.1, -0.05) is 19.1 Å². The summed E-state index contributed by atoms with van der Waals surface area (Å²) in [7, 11) is 1.94. The molecule has 1 unspecified atom stereocenters. The Hall–Kier alpha value is -1.64. The molecule has 0 saturated carbocycles. The average Bonchev–Trinajstić information content (AvgIpc) is 2.63. The van der Waals surface area contributed by atoms with Crippen LogP contribution < -0.4 is 0 Å². The van der Waals surface area contributed by atoms with Crippen LogP contribution in [0.15, 0.2) is 36.8 Å². The smallest absolute Gasteiger partial charge is 0.123 e. The highest BCUT2D eigenvalue weighted by molar-refractivity contribution is 5.27. The van der Waals surface area contributed by atoms with Crippen molar-refractivity contribution in [2.45, 2.75) is 12.8 Å². The van der Waals surface area contributed by atoms with Crippen molar-refractivity contribution in [3.05, 3.63) is 53.9 Å². The molecule has 2 aromatic rings. The van der Waals surface area contributed by atoms with Crippen LogP contribution in [0.5, 0.6) is 0 Å². The summed E-state index contributed by atoms with van der Waals surface area (Å²) in [5.74, 6) is -0.0327. The van der Waals surface area contributed by atoms with E-state index in [0.717, 1.165) is 11.3 Å². The van der Waals surface area contributed by atoms with Crippen LogP contribution in [0.2, 0.25) is 0 Å². The normalized spacial score (nSPS) is 12.7. The Labute approximate surface area is 88.4 Å². The minimum Gasteiger partial charge on any atom is -0.337 e. The van der Waals surface area contributed by atoms with Crippen molar-refractivity contribution in [1.82, 2.24) is 9.55 Å². The van der Waals surface area contributed by atoms with Crippen molar-refractivity contribution >= 4 is 0 Å². The number of halogens is 1. The highest BCUT2D eigenvalue weighted by Crippen LogP contribution is 2.23. The Bertz CT molecular complexity index is 462. The zero-order valence-corrected chi connectivity index (χ0v) is 8.81. The molecule has 0 aliphatic carbocycles. The summed E-state index contributed by atoms with van der Waals surface area (Å²) >= 11 is 0. The monoisotopic (exact) mass is 204 g/mol. The van der Waals surface area contributed by atoms with Gasteiger partial charge in [-0.15, -0.1) is 0 Å². The predicted molar refractivity (Wildman–Crippen MR) is 57.1 cm³/mol. The third-order valence-electron chi connectivity index (χ3n) is 2.65. The maximum absolute atomic E-state index is 13.0. The van der Waals surface area contributed by atoms with E-state index in [1.165, 1.54) is 6.07 Å². The molecule has 0 aliphatic heterocycles. The van der Waals surface area contributed by atoms with Crippen LogP contribution in [-0.4, -0.2) is 9.55 Å². The summed E-state index contributed by atoms with van der Waals surface area (Å²) in [6.07, 6.45) is 3.57. The van der Waals surface area contributed by atoms with Gasteiger partial charge in [0.25, 0.3) is 0 Å². The summed E-state index contributed by atoms with van der Waals surface area (Å²) in [5, 5.41) is 0. The van der Waals surface area contributed by atoms with Gasteiger partial charge in [0.2, 0.25) is 0 Å². The van der Waals surface area contributed by atoms with Gasteiger partial charge in [0.1, 0.15) is 5.82 Å². The lowest BCUT2D eigenvalue weighted by molar-refractivity contribution is 0.623. The van der Waals surface area contributed by atoms with Crippen molar-refractivity contribution < 1.29 is 4.39 Å². The number of benzene rings is 1. The van der Waals surface area contributed by atoms with Gasteiger partial charge in [-0.25, -0.2) is 9.37 Å². The first-order chi connectivity index (χ1) is 7.18. The van der Waals surface area contributed by atoms with Gasteiger partial charge in [0.15, 0.2) is 0 Å². The van der Waals surface area contributed by atoms with Gasteiger partial charge >= 0.3 is 0 Å². The minimum atomic E-state index is -0.193. The predicted octanol–water partition coefficient (Wildman–Crippen LogP) is 2.71. The van der Waals surface area contributed by atoms with Crippen molar-refractivity contribution in [1.29, 1.82) is 0 Å². The second-order valence-electron chi connectivity index (χ2n) is 3.71. The molecule has 15 heavy (non-hydrogen) atoms. The molecule has 0 N–H and O–H groups in total. The number of rotatable bonds is 2. The molecule has 0 bridgehead atoms. The zero-order chi connectivity index (χ0) is 10.8. The Morgan fingerprint density at radius 2 is 2.20 bits per heavy atom. The largest absolute Gasteiger partial charge is 0.337 e. The molecular weight excluding hydrogens is 191 g/mol. The summed E-state index contributed by atoms with van der Waals surface area (Å²) in [6, 6.07) is 6.69. The molecule has 1 aromatic carbocycles. The van der Waals surface area contributed by atoms with E-state index in [9.17, 15) is 4.39 Å². The Balaban J connectivity index is 2.36. The van der Waals surface area contributed by atoms with Crippen LogP contribution in [-0.2, 0) is 7.05 Å². The highest BCUT2D eigenvalue weighted by atomic mass is 19.1. The summed E-state index contributed by atoms with van der Waals surface area (Å²) in [4.78, 5) is 4.06. The summed E-state index contributed by atoms with van der Waals surface area (Å²) in [5.41, 5.74) is 2.05. The fraction of sp³-hybridized carbons (Fsp3) is 0.250. The first-order valence-corrected chi connectivity index (χ1v) is 4.90. The van der Waals surface area contributed by atoms with Gasteiger partial charge in [-0.3, -0.25) is 0 Å². The van der Waals surface area contributed by atoms with Gasteiger partial charge in [-0.2, -0.15) is 0 Å². The first kappa shape index (κ1) is 9.90. The average molecular weight is 204 g/mol. The molecule has 1 heterocycles. The zero-order valence-electron chi connectivity index (χ0n) is 8.81. The Kier molecular flexibility index (Phi) is 2.54. The molecule has 1 aromatic heterocycles. The van der Waals surface area contributed by atoms with Crippen LogP contribution >= 0.6 is 0 Å². The maximum Gasteiger partial charge on any atom is 0.123 e. The first-order valence-electron chi connectivity index (χ1n) is 4.90. The second kappa shape index (κ2) is 3.85. The number of hydrogen-bond donors (Lipinski definition) is 0. The molecule has 2 nitrogen and oxygen atoms in total. The lowest BCUT2D eigenvalue weighted by Gasteiger charge is -2.12. The minimum absolute atomic E-state index is 0.160. The highest BCUT2D eigenvalue weighted by Gasteiger charge is 2.11. The van der Waals surface area contributed by atoms with E-state index in [-0.39, 0.29) is 11.7 Å². The number of hydrogen-bond acceptors (Lipinski definition) is 1. The van der Waals surface area contributed by atoms with Crippen LogP contribution in [0.25, 0.3) is 0 Å². The summed E-state index contributed by atoms with van der Waals surface area (Å²) in [6.45, 7) is 2.05. The molecule has 0 fully saturated rings. The lowest BCUT2D eigenvalue weighted by atomic mass is 9.98. The van der Waals surface area contributed by atoms with E-state index in [1.54, 1.807) is 18.5 Å². The van der Waals surface area contributed by atoms with E-state index < -0.39 is 0 Å². The van der Waals surface area contributed by atoms with Crippen LogP contribution in [0.4, 0.5) is 4.39 Å².